The van der Waals surface area contributed by atoms with Gasteiger partial charge in [-0.25, -0.2) is 0 Å². The average Bonchev–Trinajstić information content (AvgIpc) is 2.58. The van der Waals surface area contributed by atoms with Crippen molar-refractivity contribution in [3.63, 3.8) is 0 Å². The van der Waals surface area contributed by atoms with Crippen LogP contribution < -0.4 is 11.1 Å². The fourth-order valence-electron chi connectivity index (χ4n) is 1.98. The minimum atomic E-state index is 0.222. The summed E-state index contributed by atoms with van der Waals surface area (Å²) in [6, 6.07) is 5.96. The van der Waals surface area contributed by atoms with Crippen LogP contribution in [0.4, 0.5) is 5.69 Å². The van der Waals surface area contributed by atoms with Crippen LogP contribution >= 0.6 is 23.2 Å². The highest BCUT2D eigenvalue weighted by Gasteiger charge is 2.24. The van der Waals surface area contributed by atoms with Gasteiger partial charge >= 0.3 is 0 Å². The topological polar surface area (TPSA) is 38.0 Å². The third-order valence-electron chi connectivity index (χ3n) is 2.84. The van der Waals surface area contributed by atoms with Gasteiger partial charge in [0.05, 0.1) is 10.7 Å². The van der Waals surface area contributed by atoms with Gasteiger partial charge < -0.3 is 11.1 Å². The summed E-state index contributed by atoms with van der Waals surface area (Å²) in [6.45, 7) is 0. The molecule has 0 radical (unpaired) electrons. The monoisotopic (exact) mass is 244 g/mol. The van der Waals surface area contributed by atoms with Crippen LogP contribution in [-0.4, -0.2) is 12.1 Å². The summed E-state index contributed by atoms with van der Waals surface area (Å²) in [7, 11) is 0. The van der Waals surface area contributed by atoms with Gasteiger partial charge in [0.1, 0.15) is 0 Å². The molecule has 1 fully saturated rings. The molecule has 2 nitrogen and oxygen atoms in total. The van der Waals surface area contributed by atoms with Crippen molar-refractivity contribution in [2.45, 2.75) is 31.3 Å². The van der Waals surface area contributed by atoms with E-state index < -0.39 is 0 Å². The second-order valence-electron chi connectivity index (χ2n) is 3.97. The highest BCUT2D eigenvalue weighted by atomic mass is 35.5. The summed E-state index contributed by atoms with van der Waals surface area (Å²) in [6.07, 6.45) is 3.36. The van der Waals surface area contributed by atoms with E-state index in [4.69, 9.17) is 28.9 Å². The molecule has 0 aromatic heterocycles. The zero-order valence-electron chi connectivity index (χ0n) is 8.34. The minimum Gasteiger partial charge on any atom is -0.380 e. The molecule has 2 unspecified atom stereocenters. The van der Waals surface area contributed by atoms with Crippen LogP contribution in [0.25, 0.3) is 0 Å². The Labute approximate surface area is 99.7 Å². The number of halogens is 2. The van der Waals surface area contributed by atoms with Gasteiger partial charge in [0.25, 0.3) is 0 Å². The zero-order chi connectivity index (χ0) is 10.8. The third-order valence-corrected chi connectivity index (χ3v) is 3.40. The first kappa shape index (κ1) is 11.1. The van der Waals surface area contributed by atoms with E-state index in [-0.39, 0.29) is 6.04 Å². The zero-order valence-corrected chi connectivity index (χ0v) is 9.85. The van der Waals surface area contributed by atoms with Crippen LogP contribution in [0, 0.1) is 0 Å². The van der Waals surface area contributed by atoms with Gasteiger partial charge in [-0.1, -0.05) is 23.2 Å². The fraction of sp³-hybridized carbons (Fsp3) is 0.455. The molecule has 0 saturated heterocycles. The highest BCUT2D eigenvalue weighted by Crippen LogP contribution is 2.29. The Hall–Kier alpha value is -0.440. The van der Waals surface area contributed by atoms with Crippen molar-refractivity contribution in [1.82, 2.24) is 0 Å². The van der Waals surface area contributed by atoms with Crippen LogP contribution in [-0.2, 0) is 0 Å². The molecule has 2 rings (SSSR count). The van der Waals surface area contributed by atoms with Gasteiger partial charge in [-0.2, -0.15) is 0 Å². The second-order valence-corrected chi connectivity index (χ2v) is 4.81. The van der Waals surface area contributed by atoms with Crippen molar-refractivity contribution in [3.8, 4) is 0 Å². The van der Waals surface area contributed by atoms with Gasteiger partial charge in [0, 0.05) is 17.1 Å². The molecule has 15 heavy (non-hydrogen) atoms. The lowest BCUT2D eigenvalue weighted by molar-refractivity contribution is 0.638. The molecule has 1 aromatic carbocycles. The van der Waals surface area contributed by atoms with E-state index >= 15 is 0 Å². The number of nitrogens with two attached hydrogens (primary N) is 1. The molecular weight excluding hydrogens is 231 g/mol. The molecule has 1 aromatic rings. The van der Waals surface area contributed by atoms with Gasteiger partial charge in [0.2, 0.25) is 0 Å². The van der Waals surface area contributed by atoms with E-state index in [2.05, 4.69) is 5.32 Å². The van der Waals surface area contributed by atoms with Gasteiger partial charge in [-0.05, 0) is 37.5 Å². The van der Waals surface area contributed by atoms with E-state index in [1.54, 1.807) is 12.1 Å². The van der Waals surface area contributed by atoms with Crippen molar-refractivity contribution in [1.29, 1.82) is 0 Å². The van der Waals surface area contributed by atoms with Crippen molar-refractivity contribution >= 4 is 28.9 Å². The van der Waals surface area contributed by atoms with E-state index in [1.165, 1.54) is 6.42 Å². The van der Waals surface area contributed by atoms with E-state index in [0.29, 0.717) is 16.1 Å². The first-order valence-corrected chi connectivity index (χ1v) is 5.89. The number of hydrogen-bond donors (Lipinski definition) is 2. The van der Waals surface area contributed by atoms with E-state index in [9.17, 15) is 0 Å². The summed E-state index contributed by atoms with van der Waals surface area (Å²) >= 11 is 12.0. The fourth-order valence-corrected chi connectivity index (χ4v) is 2.32. The molecule has 0 bridgehead atoms. The summed E-state index contributed by atoms with van der Waals surface area (Å²) in [5.41, 5.74) is 6.86. The Morgan fingerprint density at radius 1 is 1.27 bits per heavy atom. The standard InChI is InChI=1S/C11H14Cl2N2/c12-7-4-5-8(13)11(6-7)15-10-3-1-2-9(10)14/h4-6,9-10,15H,1-3,14H2. The summed E-state index contributed by atoms with van der Waals surface area (Å²) in [5, 5.41) is 4.74. The molecule has 0 heterocycles. The average molecular weight is 245 g/mol. The van der Waals surface area contributed by atoms with Crippen LogP contribution in [0.1, 0.15) is 19.3 Å². The Balaban J connectivity index is 2.12. The lowest BCUT2D eigenvalue weighted by atomic mass is 10.2. The molecular formula is C11H14Cl2N2. The normalized spacial score (nSPS) is 25.5. The summed E-state index contributed by atoms with van der Waals surface area (Å²) in [5.74, 6) is 0. The Kier molecular flexibility index (Phi) is 3.39. The first-order chi connectivity index (χ1) is 7.16. The van der Waals surface area contributed by atoms with Crippen molar-refractivity contribution in [2.75, 3.05) is 5.32 Å². The van der Waals surface area contributed by atoms with E-state index in [1.807, 2.05) is 6.07 Å². The minimum absolute atomic E-state index is 0.222. The maximum absolute atomic E-state index is 6.06. The van der Waals surface area contributed by atoms with Gasteiger partial charge in [-0.3, -0.25) is 0 Å². The molecule has 1 aliphatic rings. The van der Waals surface area contributed by atoms with Crippen molar-refractivity contribution in [3.05, 3.63) is 28.2 Å². The SMILES string of the molecule is NC1CCCC1Nc1cc(Cl)ccc1Cl. The molecule has 4 heteroatoms. The molecule has 0 spiro atoms. The molecule has 0 amide bonds. The number of anilines is 1. The molecule has 2 atom stereocenters. The van der Waals surface area contributed by atoms with Gasteiger partial charge in [-0.15, -0.1) is 0 Å². The lowest BCUT2D eigenvalue weighted by Crippen LogP contribution is -2.35. The molecule has 3 N–H and O–H groups in total. The quantitative estimate of drug-likeness (QED) is 0.839. The van der Waals surface area contributed by atoms with Gasteiger partial charge in [0.15, 0.2) is 0 Å². The highest BCUT2D eigenvalue weighted by molar-refractivity contribution is 6.35. The number of nitrogens with one attached hydrogen (secondary N) is 1. The number of hydrogen-bond acceptors (Lipinski definition) is 2. The Bertz CT molecular complexity index is 354. The summed E-state index contributed by atoms with van der Waals surface area (Å²) < 4.78 is 0. The van der Waals surface area contributed by atoms with Crippen LogP contribution in [0.3, 0.4) is 0 Å². The number of benzene rings is 1. The predicted molar refractivity (Wildman–Crippen MR) is 65.7 cm³/mol. The molecule has 82 valence electrons. The molecule has 1 saturated carbocycles. The maximum Gasteiger partial charge on any atom is 0.0638 e. The Morgan fingerprint density at radius 3 is 2.73 bits per heavy atom. The Morgan fingerprint density at radius 2 is 2.07 bits per heavy atom. The second kappa shape index (κ2) is 4.60. The lowest BCUT2D eigenvalue weighted by Gasteiger charge is -2.19. The third kappa shape index (κ3) is 2.57. The first-order valence-electron chi connectivity index (χ1n) is 5.14. The van der Waals surface area contributed by atoms with Crippen molar-refractivity contribution < 1.29 is 0 Å². The molecule has 1 aliphatic carbocycles. The van der Waals surface area contributed by atoms with Crippen LogP contribution in [0.5, 0.6) is 0 Å². The predicted octanol–water partition coefficient (Wildman–Crippen LogP) is 3.29. The molecule has 0 aliphatic heterocycles. The van der Waals surface area contributed by atoms with E-state index in [0.717, 1.165) is 18.5 Å². The largest absolute Gasteiger partial charge is 0.380 e. The number of rotatable bonds is 2. The van der Waals surface area contributed by atoms with Crippen LogP contribution in [0.2, 0.25) is 10.0 Å². The van der Waals surface area contributed by atoms with Crippen molar-refractivity contribution in [2.24, 2.45) is 5.73 Å². The maximum atomic E-state index is 6.06. The summed E-state index contributed by atoms with van der Waals surface area (Å²) in [4.78, 5) is 0. The smallest absolute Gasteiger partial charge is 0.0638 e. The van der Waals surface area contributed by atoms with Crippen LogP contribution in [0.15, 0.2) is 18.2 Å².